The number of carbonyl (C=O) groups excluding carboxylic acids is 1. The molecule has 0 bridgehead atoms. The molecule has 0 amide bonds. The number of likely N-dealkylation sites (tertiary alicyclic amines) is 1. The monoisotopic (exact) mass is 366 g/mol. The van der Waals surface area contributed by atoms with Gasteiger partial charge in [-0.05, 0) is 49.5 Å². The van der Waals surface area contributed by atoms with Gasteiger partial charge in [-0.25, -0.2) is 4.98 Å². The number of hydrogen-bond donors (Lipinski definition) is 1. The maximum atomic E-state index is 12.8. The van der Waals surface area contributed by atoms with Gasteiger partial charge in [-0.15, -0.1) is 0 Å². The summed E-state index contributed by atoms with van der Waals surface area (Å²) in [5, 5.41) is 10.6. The number of rotatable bonds is 4. The van der Waals surface area contributed by atoms with Gasteiger partial charge in [-0.3, -0.25) is 9.69 Å². The molecule has 0 unspecified atom stereocenters. The molecule has 1 aromatic carbocycles. The number of ether oxygens (including phenoxy) is 1. The summed E-state index contributed by atoms with van der Waals surface area (Å²) in [6.45, 7) is 1.70. The second kappa shape index (κ2) is 7.79. The highest BCUT2D eigenvalue weighted by Gasteiger charge is 2.35. The summed E-state index contributed by atoms with van der Waals surface area (Å²) in [4.78, 5) is 19.3. The Labute approximate surface area is 160 Å². The van der Waals surface area contributed by atoms with Crippen molar-refractivity contribution in [2.24, 2.45) is 5.92 Å². The van der Waals surface area contributed by atoms with E-state index in [4.69, 9.17) is 4.74 Å². The minimum Gasteiger partial charge on any atom is -0.481 e. The zero-order chi connectivity index (χ0) is 18.8. The van der Waals surface area contributed by atoms with Crippen LogP contribution in [0.4, 0.5) is 0 Å². The van der Waals surface area contributed by atoms with E-state index < -0.39 is 0 Å². The predicted octanol–water partition coefficient (Wildman–Crippen LogP) is 2.51. The molecule has 2 aliphatic rings. The smallest absolute Gasteiger partial charge is 0.212 e. The Kier molecular flexibility index (Phi) is 5.23. The highest BCUT2D eigenvalue weighted by atomic mass is 16.5. The molecule has 142 valence electrons. The van der Waals surface area contributed by atoms with Crippen LogP contribution >= 0.6 is 0 Å². The van der Waals surface area contributed by atoms with Crippen LogP contribution in [0.25, 0.3) is 0 Å². The molecule has 2 aromatic rings. The number of benzene rings is 1. The third-order valence-corrected chi connectivity index (χ3v) is 6.02. The van der Waals surface area contributed by atoms with Gasteiger partial charge in [-0.2, -0.15) is 0 Å². The van der Waals surface area contributed by atoms with Crippen LogP contribution in [0.5, 0.6) is 5.88 Å². The summed E-state index contributed by atoms with van der Waals surface area (Å²) < 4.78 is 5.06. The lowest BCUT2D eigenvalue weighted by molar-refractivity contribution is 0.0239. The summed E-state index contributed by atoms with van der Waals surface area (Å²) in [7, 11) is 1.57. The van der Waals surface area contributed by atoms with E-state index in [1.54, 1.807) is 25.4 Å². The van der Waals surface area contributed by atoms with Crippen molar-refractivity contribution in [3.8, 4) is 5.88 Å². The molecule has 0 radical (unpaired) electrons. The second-order valence-electron chi connectivity index (χ2n) is 7.58. The fourth-order valence-electron chi connectivity index (χ4n) is 4.43. The van der Waals surface area contributed by atoms with Crippen LogP contribution in [0.2, 0.25) is 0 Å². The lowest BCUT2D eigenvalue weighted by Gasteiger charge is -2.41. The van der Waals surface area contributed by atoms with Crippen LogP contribution in [0.1, 0.15) is 34.3 Å². The van der Waals surface area contributed by atoms with E-state index in [2.05, 4.69) is 28.1 Å². The molecule has 5 heteroatoms. The van der Waals surface area contributed by atoms with Gasteiger partial charge < -0.3 is 9.84 Å². The zero-order valence-electron chi connectivity index (χ0n) is 15.7. The van der Waals surface area contributed by atoms with Crippen molar-refractivity contribution in [2.45, 2.75) is 37.8 Å². The first-order valence-corrected chi connectivity index (χ1v) is 9.69. The molecule has 2 heterocycles. The van der Waals surface area contributed by atoms with E-state index in [1.807, 2.05) is 6.07 Å². The van der Waals surface area contributed by atoms with E-state index in [0.29, 0.717) is 11.4 Å². The molecule has 0 saturated carbocycles. The maximum Gasteiger partial charge on any atom is 0.212 e. The predicted molar refractivity (Wildman–Crippen MR) is 103 cm³/mol. The molecule has 1 fully saturated rings. The average Bonchev–Trinajstić information content (AvgIpc) is 2.73. The van der Waals surface area contributed by atoms with Gasteiger partial charge in [0, 0.05) is 36.2 Å². The Morgan fingerprint density at radius 3 is 2.44 bits per heavy atom. The molecule has 2 atom stereocenters. The molecule has 5 nitrogen and oxygen atoms in total. The third kappa shape index (κ3) is 3.75. The van der Waals surface area contributed by atoms with Crippen molar-refractivity contribution in [1.82, 2.24) is 9.88 Å². The van der Waals surface area contributed by atoms with E-state index in [-0.39, 0.29) is 23.8 Å². The fourth-order valence-corrected chi connectivity index (χ4v) is 4.43. The molecule has 1 saturated heterocycles. The Bertz CT molecular complexity index is 797. The number of ketones is 1. The zero-order valence-corrected chi connectivity index (χ0v) is 15.7. The number of hydrogen-bond acceptors (Lipinski definition) is 5. The first kappa shape index (κ1) is 18.1. The number of aliphatic hydroxyl groups excluding tert-OH is 1. The van der Waals surface area contributed by atoms with Crippen LogP contribution in [-0.4, -0.2) is 53.1 Å². The Hall–Kier alpha value is -2.24. The molecule has 27 heavy (non-hydrogen) atoms. The lowest BCUT2D eigenvalue weighted by atomic mass is 9.83. The second-order valence-corrected chi connectivity index (χ2v) is 7.58. The van der Waals surface area contributed by atoms with Crippen molar-refractivity contribution < 1.29 is 14.6 Å². The summed E-state index contributed by atoms with van der Waals surface area (Å²) >= 11 is 0. The van der Waals surface area contributed by atoms with Crippen LogP contribution in [0.15, 0.2) is 42.6 Å². The van der Waals surface area contributed by atoms with Gasteiger partial charge in [0.2, 0.25) is 5.88 Å². The number of aromatic nitrogens is 1. The van der Waals surface area contributed by atoms with Crippen molar-refractivity contribution in [1.29, 1.82) is 0 Å². The summed E-state index contributed by atoms with van der Waals surface area (Å²) in [6, 6.07) is 12.1. The summed E-state index contributed by atoms with van der Waals surface area (Å²) in [5.74, 6) is 0.719. The summed E-state index contributed by atoms with van der Waals surface area (Å²) in [6.07, 6.45) is 4.54. The number of Topliss-reactive ketones (excluding diaryl/α,β-unsaturated/α-hetero) is 1. The SMILES string of the molecule is COc1ccc(C(=O)C2CCN([C@@H]3Cc4ccccc4C[C@H]3O)CC2)cn1. The van der Waals surface area contributed by atoms with Crippen molar-refractivity contribution in [2.75, 3.05) is 20.2 Å². The normalized spacial score (nSPS) is 23.6. The lowest BCUT2D eigenvalue weighted by Crippen LogP contribution is -2.51. The number of nitrogens with zero attached hydrogens (tertiary/aromatic N) is 2. The fraction of sp³-hybridized carbons (Fsp3) is 0.455. The number of carbonyl (C=O) groups is 1. The number of pyridine rings is 1. The van der Waals surface area contributed by atoms with Gasteiger partial charge in [0.25, 0.3) is 0 Å². The molecule has 0 spiro atoms. The standard InChI is InChI=1S/C22H26N2O3/c1-27-21-7-6-18(14-23-21)22(26)15-8-10-24(11-9-15)19-12-16-4-2-3-5-17(16)13-20(19)25/h2-7,14-15,19-20,25H,8-13H2,1H3/t19-,20-/m1/s1. The van der Waals surface area contributed by atoms with Crippen LogP contribution in [-0.2, 0) is 12.8 Å². The molecule has 1 aliphatic heterocycles. The first-order chi connectivity index (χ1) is 13.2. The van der Waals surface area contributed by atoms with Gasteiger partial charge in [-0.1, -0.05) is 24.3 Å². The average molecular weight is 366 g/mol. The first-order valence-electron chi connectivity index (χ1n) is 9.69. The number of piperidine rings is 1. The molecular formula is C22H26N2O3. The topological polar surface area (TPSA) is 62.7 Å². The highest BCUT2D eigenvalue weighted by molar-refractivity contribution is 5.97. The van der Waals surface area contributed by atoms with E-state index >= 15 is 0 Å². The molecule has 1 aliphatic carbocycles. The quantitative estimate of drug-likeness (QED) is 0.843. The maximum absolute atomic E-state index is 12.8. The number of fused-ring (bicyclic) bond motifs is 1. The van der Waals surface area contributed by atoms with Crippen LogP contribution in [0.3, 0.4) is 0 Å². The third-order valence-electron chi connectivity index (χ3n) is 6.02. The Morgan fingerprint density at radius 1 is 1.11 bits per heavy atom. The molecule has 1 aromatic heterocycles. The van der Waals surface area contributed by atoms with Gasteiger partial charge in [0.05, 0.1) is 13.2 Å². The largest absolute Gasteiger partial charge is 0.481 e. The van der Waals surface area contributed by atoms with Crippen molar-refractivity contribution >= 4 is 5.78 Å². The van der Waals surface area contributed by atoms with Gasteiger partial charge >= 0.3 is 0 Å². The molecule has 1 N–H and O–H groups in total. The Morgan fingerprint density at radius 2 is 1.81 bits per heavy atom. The van der Waals surface area contributed by atoms with E-state index in [0.717, 1.165) is 38.8 Å². The molecular weight excluding hydrogens is 340 g/mol. The number of aliphatic hydroxyl groups is 1. The van der Waals surface area contributed by atoms with Gasteiger partial charge in [0.15, 0.2) is 5.78 Å². The van der Waals surface area contributed by atoms with Crippen LogP contribution in [0, 0.1) is 5.92 Å². The van der Waals surface area contributed by atoms with E-state index in [9.17, 15) is 9.90 Å². The summed E-state index contributed by atoms with van der Waals surface area (Å²) in [5.41, 5.74) is 3.26. The van der Waals surface area contributed by atoms with E-state index in [1.165, 1.54) is 11.1 Å². The van der Waals surface area contributed by atoms with Crippen molar-refractivity contribution in [3.63, 3.8) is 0 Å². The minimum absolute atomic E-state index is 0.0319. The van der Waals surface area contributed by atoms with Crippen molar-refractivity contribution in [3.05, 3.63) is 59.3 Å². The Balaban J connectivity index is 1.38. The van der Waals surface area contributed by atoms with Crippen LogP contribution < -0.4 is 4.74 Å². The minimum atomic E-state index is -0.335. The molecule has 4 rings (SSSR count). The highest BCUT2D eigenvalue weighted by Crippen LogP contribution is 2.29. The number of methoxy groups -OCH3 is 1. The van der Waals surface area contributed by atoms with Gasteiger partial charge in [0.1, 0.15) is 0 Å².